The molecule has 0 saturated carbocycles. The summed E-state index contributed by atoms with van der Waals surface area (Å²) in [5.41, 5.74) is 0. The van der Waals surface area contributed by atoms with Gasteiger partial charge in [0.25, 0.3) is 0 Å². The van der Waals surface area contributed by atoms with Crippen LogP contribution in [0.25, 0.3) is 0 Å². The molecule has 2 atom stereocenters. The lowest BCUT2D eigenvalue weighted by Crippen LogP contribution is -2.20. The van der Waals surface area contributed by atoms with Gasteiger partial charge in [-0.2, -0.15) is 0 Å². The van der Waals surface area contributed by atoms with E-state index in [1.54, 1.807) is 6.92 Å². The molecule has 0 aliphatic heterocycles. The zero-order valence-electron chi connectivity index (χ0n) is 11.0. The smallest absolute Gasteiger partial charge is 0.308 e. The lowest BCUT2D eigenvalue weighted by molar-refractivity contribution is -0.174. The van der Waals surface area contributed by atoms with E-state index in [1.807, 2.05) is 6.92 Å². The van der Waals surface area contributed by atoms with Crippen LogP contribution >= 0.6 is 0 Å². The van der Waals surface area contributed by atoms with Crippen LogP contribution in [-0.4, -0.2) is 18.9 Å². The summed E-state index contributed by atoms with van der Waals surface area (Å²) >= 11 is 0. The summed E-state index contributed by atoms with van der Waals surface area (Å²) in [6.45, 7) is 4.23. The molecule has 1 aliphatic carbocycles. The Hall–Kier alpha value is -0.830. The molecule has 3 heteroatoms. The Morgan fingerprint density at radius 1 is 1.35 bits per heavy atom. The highest BCUT2D eigenvalue weighted by Crippen LogP contribution is 2.22. The minimum atomic E-state index is -0.416. The van der Waals surface area contributed by atoms with Crippen LogP contribution < -0.4 is 0 Å². The van der Waals surface area contributed by atoms with Crippen molar-refractivity contribution in [1.29, 1.82) is 0 Å². The summed E-state index contributed by atoms with van der Waals surface area (Å²) in [6, 6.07) is 0. The molecule has 0 heterocycles. The van der Waals surface area contributed by atoms with Crippen molar-refractivity contribution in [3.63, 3.8) is 0 Å². The molecule has 1 rings (SSSR count). The van der Waals surface area contributed by atoms with Gasteiger partial charge in [-0.1, -0.05) is 12.2 Å². The lowest BCUT2D eigenvalue weighted by Gasteiger charge is -2.18. The van der Waals surface area contributed by atoms with Gasteiger partial charge in [-0.3, -0.25) is 4.79 Å². The van der Waals surface area contributed by atoms with Gasteiger partial charge < -0.3 is 9.47 Å². The first-order valence-electron chi connectivity index (χ1n) is 6.68. The van der Waals surface area contributed by atoms with Gasteiger partial charge in [0.05, 0.1) is 0 Å². The van der Waals surface area contributed by atoms with Crippen molar-refractivity contribution in [3.05, 3.63) is 12.2 Å². The fraction of sp³-hybridized carbons (Fsp3) is 0.786. The predicted molar refractivity (Wildman–Crippen MR) is 67.5 cm³/mol. The van der Waals surface area contributed by atoms with Crippen molar-refractivity contribution in [2.75, 3.05) is 6.61 Å². The van der Waals surface area contributed by atoms with E-state index >= 15 is 0 Å². The normalized spacial score (nSPS) is 22.6. The molecular formula is C14H24O3. The third-order valence-corrected chi connectivity index (χ3v) is 3.05. The largest absolute Gasteiger partial charge is 0.436 e. The average Bonchev–Trinajstić information content (AvgIpc) is 2.22. The summed E-state index contributed by atoms with van der Waals surface area (Å²) in [6.07, 6.45) is 10.2. The quantitative estimate of drug-likeness (QED) is 0.419. The maximum absolute atomic E-state index is 11.7. The van der Waals surface area contributed by atoms with E-state index in [9.17, 15) is 4.79 Å². The first-order valence-corrected chi connectivity index (χ1v) is 6.68. The van der Waals surface area contributed by atoms with Crippen LogP contribution in [-0.2, 0) is 14.3 Å². The molecule has 0 amide bonds. The Kier molecular flexibility index (Phi) is 6.94. The van der Waals surface area contributed by atoms with Gasteiger partial charge in [-0.25, -0.2) is 0 Å². The summed E-state index contributed by atoms with van der Waals surface area (Å²) < 4.78 is 10.4. The van der Waals surface area contributed by atoms with Crippen molar-refractivity contribution in [1.82, 2.24) is 0 Å². The molecular weight excluding hydrogens is 216 g/mol. The van der Waals surface area contributed by atoms with E-state index in [0.29, 0.717) is 18.9 Å². The van der Waals surface area contributed by atoms with E-state index in [0.717, 1.165) is 25.7 Å². The average molecular weight is 240 g/mol. The number of ether oxygens (including phenoxy) is 2. The molecule has 0 aromatic heterocycles. The van der Waals surface area contributed by atoms with Gasteiger partial charge in [0, 0.05) is 13.0 Å². The van der Waals surface area contributed by atoms with Crippen molar-refractivity contribution in [2.45, 2.75) is 58.7 Å². The third kappa shape index (κ3) is 6.47. The zero-order chi connectivity index (χ0) is 12.5. The molecule has 0 fully saturated rings. The standard InChI is InChI=1S/C14H24O3/c1-3-16-12(2)17-14(15)11-13-9-7-5-4-6-8-10-13/h4-5,12-13H,3,6-11H2,1-2H3. The number of hydrogen-bond donors (Lipinski definition) is 0. The first-order chi connectivity index (χ1) is 8.22. The van der Waals surface area contributed by atoms with Crippen molar-refractivity contribution in [2.24, 2.45) is 5.92 Å². The monoisotopic (exact) mass is 240 g/mol. The lowest BCUT2D eigenvalue weighted by atomic mass is 9.91. The molecule has 0 aromatic rings. The fourth-order valence-electron chi connectivity index (χ4n) is 2.18. The molecule has 0 N–H and O–H groups in total. The molecule has 0 radical (unpaired) electrons. The SMILES string of the molecule is CCOC(C)OC(=O)CC1CCC=CCCC1. The van der Waals surface area contributed by atoms with Gasteiger partial charge in [0.1, 0.15) is 0 Å². The zero-order valence-corrected chi connectivity index (χ0v) is 11.0. The second-order valence-corrected chi connectivity index (χ2v) is 4.56. The molecule has 17 heavy (non-hydrogen) atoms. The Bertz CT molecular complexity index is 248. The summed E-state index contributed by atoms with van der Waals surface area (Å²) in [5, 5.41) is 0. The van der Waals surface area contributed by atoms with Crippen LogP contribution in [0.15, 0.2) is 12.2 Å². The molecule has 2 unspecified atom stereocenters. The minimum Gasteiger partial charge on any atom is -0.436 e. The van der Waals surface area contributed by atoms with Crippen LogP contribution in [0.1, 0.15) is 52.4 Å². The second kappa shape index (κ2) is 8.29. The van der Waals surface area contributed by atoms with Crippen LogP contribution in [0.4, 0.5) is 0 Å². The minimum absolute atomic E-state index is 0.125. The van der Waals surface area contributed by atoms with Crippen LogP contribution in [0.2, 0.25) is 0 Å². The molecule has 0 saturated heterocycles. The van der Waals surface area contributed by atoms with E-state index in [-0.39, 0.29) is 5.97 Å². The van der Waals surface area contributed by atoms with Crippen molar-refractivity contribution >= 4 is 5.97 Å². The van der Waals surface area contributed by atoms with E-state index < -0.39 is 6.29 Å². The van der Waals surface area contributed by atoms with Gasteiger partial charge in [-0.05, 0) is 51.9 Å². The Balaban J connectivity index is 2.26. The number of carbonyl (C=O) groups excluding carboxylic acids is 1. The first kappa shape index (κ1) is 14.2. The fourth-order valence-corrected chi connectivity index (χ4v) is 2.18. The maximum atomic E-state index is 11.7. The maximum Gasteiger partial charge on any atom is 0.308 e. The Morgan fingerprint density at radius 3 is 2.88 bits per heavy atom. The van der Waals surface area contributed by atoms with Crippen molar-refractivity contribution in [3.8, 4) is 0 Å². The molecule has 1 aliphatic rings. The number of hydrogen-bond acceptors (Lipinski definition) is 3. The molecule has 0 bridgehead atoms. The van der Waals surface area contributed by atoms with Crippen molar-refractivity contribution < 1.29 is 14.3 Å². The topological polar surface area (TPSA) is 35.5 Å². The summed E-state index contributed by atoms with van der Waals surface area (Å²) in [5.74, 6) is 0.349. The molecule has 3 nitrogen and oxygen atoms in total. The highest BCUT2D eigenvalue weighted by Gasteiger charge is 2.17. The second-order valence-electron chi connectivity index (χ2n) is 4.56. The van der Waals surface area contributed by atoms with Crippen LogP contribution in [0.3, 0.4) is 0 Å². The van der Waals surface area contributed by atoms with Gasteiger partial charge >= 0.3 is 5.97 Å². The Morgan fingerprint density at radius 2 is 2.12 bits per heavy atom. The number of allylic oxidation sites excluding steroid dienone is 2. The van der Waals surface area contributed by atoms with Gasteiger partial charge in [-0.15, -0.1) is 0 Å². The number of esters is 1. The third-order valence-electron chi connectivity index (χ3n) is 3.05. The van der Waals surface area contributed by atoms with Gasteiger partial charge in [0.2, 0.25) is 0 Å². The predicted octanol–water partition coefficient (Wildman–Crippen LogP) is 3.44. The molecule has 0 spiro atoms. The van der Waals surface area contributed by atoms with Crippen LogP contribution in [0, 0.1) is 5.92 Å². The summed E-state index contributed by atoms with van der Waals surface area (Å²) in [4.78, 5) is 11.7. The Labute approximate surface area is 104 Å². The van der Waals surface area contributed by atoms with E-state index in [2.05, 4.69) is 12.2 Å². The highest BCUT2D eigenvalue weighted by molar-refractivity contribution is 5.69. The number of carbonyl (C=O) groups is 1. The highest BCUT2D eigenvalue weighted by atomic mass is 16.7. The number of rotatable bonds is 5. The van der Waals surface area contributed by atoms with E-state index in [1.165, 1.54) is 6.42 Å². The summed E-state index contributed by atoms with van der Waals surface area (Å²) in [7, 11) is 0. The molecule has 0 aromatic carbocycles. The van der Waals surface area contributed by atoms with E-state index in [4.69, 9.17) is 9.47 Å². The van der Waals surface area contributed by atoms with Crippen LogP contribution in [0.5, 0.6) is 0 Å². The van der Waals surface area contributed by atoms with Gasteiger partial charge in [0.15, 0.2) is 6.29 Å². The molecule has 98 valence electrons.